The molecule has 1 amide bonds. The Kier molecular flexibility index (Phi) is 5.87. The Labute approximate surface area is 171 Å². The Hall–Kier alpha value is -3.34. The number of nitrogens with one attached hydrogen (secondary N) is 1. The molecule has 1 N–H and O–H groups in total. The van der Waals surface area contributed by atoms with E-state index in [0.29, 0.717) is 29.4 Å². The second-order valence-corrected chi connectivity index (χ2v) is 7.33. The fourth-order valence-corrected chi connectivity index (χ4v) is 3.54. The molecule has 5 heteroatoms. The lowest BCUT2D eigenvalue weighted by Gasteiger charge is -2.11. The number of benzene rings is 2. The zero-order valence-electron chi connectivity index (χ0n) is 17.3. The summed E-state index contributed by atoms with van der Waals surface area (Å²) in [6.45, 7) is 10.6. The van der Waals surface area contributed by atoms with E-state index in [1.54, 1.807) is 30.3 Å². The molecule has 1 heterocycles. The molecule has 0 unspecified atom stereocenters. The number of aromatic nitrogens is 1. The number of carbonyl (C=O) groups is 2. The summed E-state index contributed by atoms with van der Waals surface area (Å²) in [5.41, 5.74) is 4.66. The normalized spacial score (nSPS) is 10.9. The summed E-state index contributed by atoms with van der Waals surface area (Å²) in [6.07, 6.45) is 1.78. The van der Waals surface area contributed by atoms with Gasteiger partial charge >= 0.3 is 5.97 Å². The van der Waals surface area contributed by atoms with E-state index in [-0.39, 0.29) is 5.91 Å². The molecule has 0 atom stereocenters. The summed E-state index contributed by atoms with van der Waals surface area (Å²) >= 11 is 0. The number of allylic oxidation sites excluding steroid dienone is 1. The highest BCUT2D eigenvalue weighted by Gasteiger charge is 2.21. The number of aryl methyl sites for hydroxylation is 1. The summed E-state index contributed by atoms with van der Waals surface area (Å²) in [6, 6.07) is 13.0. The maximum atomic E-state index is 13.2. The number of hydrogen-bond acceptors (Lipinski definition) is 3. The van der Waals surface area contributed by atoms with Crippen LogP contribution in [-0.2, 0) is 11.3 Å². The van der Waals surface area contributed by atoms with Crippen LogP contribution in [0.3, 0.4) is 0 Å². The first-order valence-corrected chi connectivity index (χ1v) is 9.60. The first-order chi connectivity index (χ1) is 13.9. The van der Waals surface area contributed by atoms with Crippen LogP contribution < -0.4 is 5.32 Å². The lowest BCUT2D eigenvalue weighted by atomic mass is 10.0. The van der Waals surface area contributed by atoms with Crippen molar-refractivity contribution in [1.29, 1.82) is 0 Å². The number of ether oxygens (including phenoxy) is 1. The maximum Gasteiger partial charge on any atom is 0.337 e. The summed E-state index contributed by atoms with van der Waals surface area (Å²) < 4.78 is 6.73. The van der Waals surface area contributed by atoms with Crippen LogP contribution in [0.15, 0.2) is 55.1 Å². The largest absolute Gasteiger partial charge is 0.465 e. The highest BCUT2D eigenvalue weighted by molar-refractivity contribution is 6.08. The molecule has 3 aromatic rings. The van der Waals surface area contributed by atoms with Crippen LogP contribution in [0.4, 0.5) is 5.69 Å². The van der Waals surface area contributed by atoms with Gasteiger partial charge in [0.15, 0.2) is 0 Å². The van der Waals surface area contributed by atoms with E-state index in [9.17, 15) is 9.59 Å². The van der Waals surface area contributed by atoms with Gasteiger partial charge < -0.3 is 14.6 Å². The number of rotatable bonds is 6. The van der Waals surface area contributed by atoms with Gasteiger partial charge in [-0.1, -0.05) is 32.1 Å². The second kappa shape index (κ2) is 8.35. The number of fused-ring (bicyclic) bond motifs is 1. The highest BCUT2D eigenvalue weighted by Crippen LogP contribution is 2.30. The molecule has 0 radical (unpaired) electrons. The van der Waals surface area contributed by atoms with Gasteiger partial charge in [0.2, 0.25) is 0 Å². The highest BCUT2D eigenvalue weighted by atomic mass is 16.5. The van der Waals surface area contributed by atoms with Crippen LogP contribution in [0.1, 0.15) is 51.7 Å². The molecule has 5 nitrogen and oxygen atoms in total. The Morgan fingerprint density at radius 3 is 2.62 bits per heavy atom. The van der Waals surface area contributed by atoms with Gasteiger partial charge in [-0.05, 0) is 54.3 Å². The minimum absolute atomic E-state index is 0.228. The quantitative estimate of drug-likeness (QED) is 0.459. The van der Waals surface area contributed by atoms with Gasteiger partial charge in [-0.25, -0.2) is 4.79 Å². The van der Waals surface area contributed by atoms with Crippen molar-refractivity contribution in [3.05, 3.63) is 77.5 Å². The number of amides is 1. The number of methoxy groups -OCH3 is 1. The van der Waals surface area contributed by atoms with Gasteiger partial charge in [0.25, 0.3) is 5.91 Å². The predicted octanol–water partition coefficient (Wildman–Crippen LogP) is 5.30. The van der Waals surface area contributed by atoms with Gasteiger partial charge in [-0.3, -0.25) is 4.79 Å². The average Bonchev–Trinajstić information content (AvgIpc) is 2.99. The Morgan fingerprint density at radius 1 is 1.21 bits per heavy atom. The standard InChI is InChI=1S/C24H26N2O3/c1-6-12-26-21-11-10-17(15(2)3)14-20(21)16(4)22(26)23(27)25-19-9-7-8-18(13-19)24(28)29-5/h6-11,13-15H,1,12H2,2-5H3,(H,25,27). The molecule has 0 aliphatic carbocycles. The lowest BCUT2D eigenvalue weighted by Crippen LogP contribution is -2.18. The third-order valence-electron chi connectivity index (χ3n) is 5.08. The number of nitrogens with zero attached hydrogens (tertiary/aromatic N) is 1. The molecule has 0 fully saturated rings. The molecule has 0 saturated carbocycles. The SMILES string of the molecule is C=CCn1c(C(=O)Nc2cccc(C(=O)OC)c2)c(C)c2cc(C(C)C)ccc21. The Morgan fingerprint density at radius 2 is 1.97 bits per heavy atom. The maximum absolute atomic E-state index is 13.2. The number of esters is 1. The van der Waals surface area contributed by atoms with E-state index in [2.05, 4.69) is 43.9 Å². The van der Waals surface area contributed by atoms with E-state index >= 15 is 0 Å². The average molecular weight is 390 g/mol. The first kappa shape index (κ1) is 20.4. The molecule has 2 aromatic carbocycles. The van der Waals surface area contributed by atoms with Crippen LogP contribution in [0.2, 0.25) is 0 Å². The van der Waals surface area contributed by atoms with Crippen molar-refractivity contribution in [2.75, 3.05) is 12.4 Å². The van der Waals surface area contributed by atoms with Crippen molar-refractivity contribution in [1.82, 2.24) is 4.57 Å². The molecular formula is C24H26N2O3. The molecule has 0 spiro atoms. The zero-order chi connectivity index (χ0) is 21.1. The van der Waals surface area contributed by atoms with Gasteiger partial charge in [-0.15, -0.1) is 6.58 Å². The fourth-order valence-electron chi connectivity index (χ4n) is 3.54. The van der Waals surface area contributed by atoms with Gasteiger partial charge in [0.05, 0.1) is 12.7 Å². The Balaban J connectivity index is 2.05. The minimum Gasteiger partial charge on any atom is -0.465 e. The van der Waals surface area contributed by atoms with Crippen LogP contribution in [0.5, 0.6) is 0 Å². The van der Waals surface area contributed by atoms with Crippen molar-refractivity contribution in [2.45, 2.75) is 33.2 Å². The van der Waals surface area contributed by atoms with Crippen LogP contribution in [0.25, 0.3) is 10.9 Å². The minimum atomic E-state index is -0.445. The molecule has 3 rings (SSSR count). The van der Waals surface area contributed by atoms with Crippen molar-refractivity contribution >= 4 is 28.5 Å². The summed E-state index contributed by atoms with van der Waals surface area (Å²) in [7, 11) is 1.33. The van der Waals surface area contributed by atoms with Crippen molar-refractivity contribution in [2.24, 2.45) is 0 Å². The van der Waals surface area contributed by atoms with E-state index in [0.717, 1.165) is 16.5 Å². The number of hydrogen-bond donors (Lipinski definition) is 1. The summed E-state index contributed by atoms with van der Waals surface area (Å²) in [5.74, 6) is -0.271. The monoisotopic (exact) mass is 390 g/mol. The van der Waals surface area contributed by atoms with Crippen molar-refractivity contribution < 1.29 is 14.3 Å². The van der Waals surface area contributed by atoms with E-state index < -0.39 is 5.97 Å². The smallest absolute Gasteiger partial charge is 0.337 e. The van der Waals surface area contributed by atoms with Gasteiger partial charge in [0.1, 0.15) is 5.69 Å². The zero-order valence-corrected chi connectivity index (χ0v) is 17.3. The summed E-state index contributed by atoms with van der Waals surface area (Å²) in [5, 5.41) is 3.98. The van der Waals surface area contributed by atoms with E-state index in [1.807, 2.05) is 11.5 Å². The molecule has 0 saturated heterocycles. The molecule has 150 valence electrons. The molecule has 29 heavy (non-hydrogen) atoms. The van der Waals surface area contributed by atoms with Crippen molar-refractivity contribution in [3.8, 4) is 0 Å². The second-order valence-electron chi connectivity index (χ2n) is 7.33. The number of carbonyl (C=O) groups excluding carboxylic acids is 2. The van der Waals surface area contributed by atoms with Crippen LogP contribution in [-0.4, -0.2) is 23.6 Å². The Bertz CT molecular complexity index is 1090. The topological polar surface area (TPSA) is 60.3 Å². The van der Waals surface area contributed by atoms with Crippen molar-refractivity contribution in [3.63, 3.8) is 0 Å². The number of anilines is 1. The lowest BCUT2D eigenvalue weighted by molar-refractivity contribution is 0.0600. The van der Waals surface area contributed by atoms with Gasteiger partial charge in [0, 0.05) is 23.1 Å². The molecular weight excluding hydrogens is 364 g/mol. The van der Waals surface area contributed by atoms with E-state index in [4.69, 9.17) is 4.74 Å². The van der Waals surface area contributed by atoms with Gasteiger partial charge in [-0.2, -0.15) is 0 Å². The molecule has 0 aliphatic heterocycles. The van der Waals surface area contributed by atoms with Crippen LogP contribution in [0, 0.1) is 6.92 Å². The third-order valence-corrected chi connectivity index (χ3v) is 5.08. The predicted molar refractivity (Wildman–Crippen MR) is 117 cm³/mol. The molecule has 0 aliphatic rings. The molecule has 0 bridgehead atoms. The third kappa shape index (κ3) is 3.94. The van der Waals surface area contributed by atoms with Crippen LogP contribution >= 0.6 is 0 Å². The van der Waals surface area contributed by atoms with E-state index in [1.165, 1.54) is 12.7 Å². The fraction of sp³-hybridized carbons (Fsp3) is 0.250. The molecule has 1 aromatic heterocycles. The summed E-state index contributed by atoms with van der Waals surface area (Å²) in [4.78, 5) is 25.0. The first-order valence-electron chi connectivity index (χ1n) is 9.60.